The van der Waals surface area contributed by atoms with Gasteiger partial charge in [0.05, 0.1) is 18.1 Å². The fourth-order valence-corrected chi connectivity index (χ4v) is 2.76. The Labute approximate surface area is 148 Å². The van der Waals surface area contributed by atoms with Crippen LogP contribution >= 0.6 is 23.2 Å². The number of amides is 1. The Bertz CT molecular complexity index is 796. The third-order valence-corrected chi connectivity index (χ3v) is 3.98. The van der Waals surface area contributed by atoms with E-state index in [2.05, 4.69) is 5.32 Å². The maximum Gasteiger partial charge on any atom is 0.311 e. The van der Waals surface area contributed by atoms with Gasteiger partial charge in [-0.1, -0.05) is 29.3 Å². The number of benzene rings is 2. The molecule has 1 amide bonds. The molecule has 1 atom stereocenters. The Kier molecular flexibility index (Phi) is 5.64. The van der Waals surface area contributed by atoms with E-state index < -0.39 is 16.9 Å². The van der Waals surface area contributed by atoms with Crippen molar-refractivity contribution in [3.63, 3.8) is 0 Å². The molecule has 0 heterocycles. The molecule has 0 aliphatic heterocycles. The number of carbonyl (C=O) groups excluding carboxylic acids is 1. The molecule has 1 N–H and O–H groups in total. The molecule has 24 heavy (non-hydrogen) atoms. The summed E-state index contributed by atoms with van der Waals surface area (Å²) in [4.78, 5) is 22.8. The number of nitrogens with one attached hydrogen (secondary N) is 1. The number of carbonyl (C=O) groups is 1. The molecule has 0 radical (unpaired) electrons. The molecule has 2 aromatic rings. The molecule has 2 rings (SSSR count). The zero-order valence-electron chi connectivity index (χ0n) is 12.9. The van der Waals surface area contributed by atoms with E-state index in [1.165, 1.54) is 25.3 Å². The van der Waals surface area contributed by atoms with Gasteiger partial charge in [-0.15, -0.1) is 0 Å². The quantitative estimate of drug-likeness (QED) is 0.626. The number of hydrogen-bond acceptors (Lipinski definition) is 4. The molecule has 2 aromatic carbocycles. The summed E-state index contributed by atoms with van der Waals surface area (Å²) in [6.07, 6.45) is 0. The molecule has 8 heteroatoms. The van der Waals surface area contributed by atoms with Crippen LogP contribution in [0.25, 0.3) is 0 Å². The number of hydrogen-bond donors (Lipinski definition) is 1. The van der Waals surface area contributed by atoms with E-state index in [0.29, 0.717) is 15.6 Å². The fourth-order valence-electron chi connectivity index (χ4n) is 2.18. The van der Waals surface area contributed by atoms with Crippen LogP contribution in [0.4, 0.5) is 5.69 Å². The number of ether oxygens (including phenoxy) is 1. The van der Waals surface area contributed by atoms with Crippen LogP contribution in [0.1, 0.15) is 28.9 Å². The standard InChI is InChI=1S/C16H14Cl2N2O4/c1-9(12-5-4-11(17)8-13(12)18)19-16(21)10-3-6-15(24-2)14(7-10)20(22)23/h3-9H,1-2H3,(H,19,21)/t9-/m1/s1. The van der Waals surface area contributed by atoms with E-state index in [4.69, 9.17) is 27.9 Å². The smallest absolute Gasteiger partial charge is 0.311 e. The number of nitro benzene ring substituents is 1. The molecular formula is C16H14Cl2N2O4. The lowest BCUT2D eigenvalue weighted by molar-refractivity contribution is -0.385. The van der Waals surface area contributed by atoms with Gasteiger partial charge < -0.3 is 10.1 Å². The van der Waals surface area contributed by atoms with Crippen molar-refractivity contribution in [2.24, 2.45) is 0 Å². The molecule has 0 aromatic heterocycles. The van der Waals surface area contributed by atoms with E-state index in [0.717, 1.165) is 0 Å². The van der Waals surface area contributed by atoms with Crippen molar-refractivity contribution >= 4 is 34.8 Å². The van der Waals surface area contributed by atoms with Gasteiger partial charge in [0.25, 0.3) is 5.91 Å². The molecule has 6 nitrogen and oxygen atoms in total. The van der Waals surface area contributed by atoms with Crippen molar-refractivity contribution in [2.75, 3.05) is 7.11 Å². The lowest BCUT2D eigenvalue weighted by Crippen LogP contribution is -2.26. The number of nitro groups is 1. The van der Waals surface area contributed by atoms with Crippen molar-refractivity contribution in [1.29, 1.82) is 0 Å². The first-order valence-electron chi connectivity index (χ1n) is 6.91. The summed E-state index contributed by atoms with van der Waals surface area (Å²) >= 11 is 12.0. The second-order valence-electron chi connectivity index (χ2n) is 5.00. The monoisotopic (exact) mass is 368 g/mol. The minimum atomic E-state index is -0.602. The van der Waals surface area contributed by atoms with Crippen molar-refractivity contribution in [3.8, 4) is 5.75 Å². The molecule has 0 fully saturated rings. The molecule has 0 aliphatic carbocycles. The SMILES string of the molecule is COc1ccc(C(=O)N[C@H](C)c2ccc(Cl)cc2Cl)cc1[N+](=O)[O-]. The highest BCUT2D eigenvalue weighted by atomic mass is 35.5. The summed E-state index contributed by atoms with van der Waals surface area (Å²) < 4.78 is 4.92. The van der Waals surface area contributed by atoms with E-state index >= 15 is 0 Å². The Morgan fingerprint density at radius 1 is 1.25 bits per heavy atom. The summed E-state index contributed by atoms with van der Waals surface area (Å²) in [6, 6.07) is 8.58. The Morgan fingerprint density at radius 3 is 2.54 bits per heavy atom. The number of rotatable bonds is 5. The number of halogens is 2. The van der Waals surface area contributed by atoms with Gasteiger partial charge in [-0.3, -0.25) is 14.9 Å². The normalized spacial score (nSPS) is 11.7. The van der Waals surface area contributed by atoms with Crippen LogP contribution in [-0.2, 0) is 0 Å². The van der Waals surface area contributed by atoms with Gasteiger partial charge in [-0.2, -0.15) is 0 Å². The van der Waals surface area contributed by atoms with Crippen LogP contribution < -0.4 is 10.1 Å². The average Bonchev–Trinajstić information content (AvgIpc) is 2.53. The van der Waals surface area contributed by atoms with Gasteiger partial charge in [-0.25, -0.2) is 0 Å². The third-order valence-electron chi connectivity index (χ3n) is 3.41. The van der Waals surface area contributed by atoms with Gasteiger partial charge in [0.1, 0.15) is 0 Å². The van der Waals surface area contributed by atoms with Crippen LogP contribution in [0.5, 0.6) is 5.75 Å². The lowest BCUT2D eigenvalue weighted by Gasteiger charge is -2.16. The van der Waals surface area contributed by atoms with Gasteiger partial charge in [0, 0.05) is 21.7 Å². The predicted octanol–water partition coefficient (Wildman–Crippen LogP) is 4.40. The van der Waals surface area contributed by atoms with Crippen LogP contribution in [0.2, 0.25) is 10.0 Å². The minimum Gasteiger partial charge on any atom is -0.490 e. The fraction of sp³-hybridized carbons (Fsp3) is 0.188. The Balaban J connectivity index is 2.23. The highest BCUT2D eigenvalue weighted by Crippen LogP contribution is 2.29. The van der Waals surface area contributed by atoms with Crippen molar-refractivity contribution in [2.45, 2.75) is 13.0 Å². The van der Waals surface area contributed by atoms with E-state index in [9.17, 15) is 14.9 Å². The zero-order chi connectivity index (χ0) is 17.9. The highest BCUT2D eigenvalue weighted by Gasteiger charge is 2.20. The zero-order valence-corrected chi connectivity index (χ0v) is 14.4. The minimum absolute atomic E-state index is 0.0883. The molecule has 126 valence electrons. The molecular weight excluding hydrogens is 355 g/mol. The largest absolute Gasteiger partial charge is 0.490 e. The van der Waals surface area contributed by atoms with Crippen LogP contribution in [0.15, 0.2) is 36.4 Å². The third kappa shape index (κ3) is 3.96. The summed E-state index contributed by atoms with van der Waals surface area (Å²) in [5.74, 6) is -0.371. The van der Waals surface area contributed by atoms with Crippen LogP contribution in [0.3, 0.4) is 0 Å². The van der Waals surface area contributed by atoms with Gasteiger partial charge in [0.15, 0.2) is 5.75 Å². The molecule has 0 unspecified atom stereocenters. The Morgan fingerprint density at radius 2 is 1.96 bits per heavy atom. The summed E-state index contributed by atoms with van der Waals surface area (Å²) in [7, 11) is 1.33. The van der Waals surface area contributed by atoms with Crippen molar-refractivity contribution in [1.82, 2.24) is 5.32 Å². The predicted molar refractivity (Wildman–Crippen MR) is 92.0 cm³/mol. The van der Waals surface area contributed by atoms with Gasteiger partial charge >= 0.3 is 5.69 Å². The van der Waals surface area contributed by atoms with Crippen LogP contribution in [0, 0.1) is 10.1 Å². The van der Waals surface area contributed by atoms with Crippen molar-refractivity contribution < 1.29 is 14.5 Å². The summed E-state index contributed by atoms with van der Waals surface area (Å²) in [5.41, 5.74) is 0.569. The number of nitrogens with zero attached hydrogens (tertiary/aromatic N) is 1. The molecule has 0 saturated heterocycles. The second-order valence-corrected chi connectivity index (χ2v) is 5.85. The second kappa shape index (κ2) is 7.51. The van der Waals surface area contributed by atoms with E-state index in [1.807, 2.05) is 0 Å². The summed E-state index contributed by atoms with van der Waals surface area (Å²) in [5, 5.41) is 14.7. The maximum absolute atomic E-state index is 12.3. The van der Waals surface area contributed by atoms with Gasteiger partial charge in [0.2, 0.25) is 0 Å². The molecule has 0 aliphatic rings. The highest BCUT2D eigenvalue weighted by molar-refractivity contribution is 6.35. The van der Waals surface area contributed by atoms with E-state index in [-0.39, 0.29) is 17.0 Å². The average molecular weight is 369 g/mol. The van der Waals surface area contributed by atoms with E-state index in [1.54, 1.807) is 25.1 Å². The first-order chi connectivity index (χ1) is 11.3. The topological polar surface area (TPSA) is 81.5 Å². The van der Waals surface area contributed by atoms with Gasteiger partial charge in [-0.05, 0) is 36.8 Å². The molecule has 0 bridgehead atoms. The van der Waals surface area contributed by atoms with Crippen molar-refractivity contribution in [3.05, 3.63) is 67.7 Å². The number of methoxy groups -OCH3 is 1. The Hall–Kier alpha value is -2.31. The first kappa shape index (κ1) is 18.0. The molecule has 0 spiro atoms. The maximum atomic E-state index is 12.3. The van der Waals surface area contributed by atoms with Crippen LogP contribution in [-0.4, -0.2) is 17.9 Å². The summed E-state index contributed by atoms with van der Waals surface area (Å²) in [6.45, 7) is 1.75. The first-order valence-corrected chi connectivity index (χ1v) is 7.67. The molecule has 0 saturated carbocycles. The lowest BCUT2D eigenvalue weighted by atomic mass is 10.1.